The number of benzene rings is 1. The quantitative estimate of drug-likeness (QED) is 0.464. The van der Waals surface area contributed by atoms with Gasteiger partial charge in [-0.15, -0.1) is 0 Å². The van der Waals surface area contributed by atoms with Crippen molar-refractivity contribution in [1.82, 2.24) is 16.0 Å². The van der Waals surface area contributed by atoms with Gasteiger partial charge in [-0.3, -0.25) is 4.99 Å². The second-order valence-electron chi connectivity index (χ2n) is 7.76. The molecular weight excluding hydrogens is 412 g/mol. The third-order valence-electron chi connectivity index (χ3n) is 3.44. The Kier molecular flexibility index (Phi) is 8.40. The Morgan fingerprint density at radius 3 is 2.37 bits per heavy atom. The van der Waals surface area contributed by atoms with E-state index in [0.717, 1.165) is 15.8 Å². The third kappa shape index (κ3) is 8.99. The van der Waals surface area contributed by atoms with Crippen molar-refractivity contribution < 1.29 is 14.3 Å². The lowest BCUT2D eigenvalue weighted by Gasteiger charge is -2.29. The maximum Gasteiger partial charge on any atom is 0.408 e. The van der Waals surface area contributed by atoms with E-state index >= 15 is 0 Å². The molecule has 7 nitrogen and oxygen atoms in total. The number of rotatable bonds is 6. The minimum Gasteiger partial charge on any atom is -0.496 e. The van der Waals surface area contributed by atoms with Crippen LogP contribution in [0.25, 0.3) is 0 Å². The zero-order valence-electron chi connectivity index (χ0n) is 17.2. The molecule has 1 aromatic carbocycles. The molecule has 1 amide bonds. The molecule has 0 aliphatic carbocycles. The third-order valence-corrected chi connectivity index (χ3v) is 4.06. The van der Waals surface area contributed by atoms with E-state index in [1.807, 2.05) is 52.8 Å². The van der Waals surface area contributed by atoms with Crippen molar-refractivity contribution in [2.75, 3.05) is 20.7 Å². The highest BCUT2D eigenvalue weighted by Crippen LogP contribution is 2.25. The van der Waals surface area contributed by atoms with Gasteiger partial charge in [0.25, 0.3) is 0 Å². The number of nitrogens with zero attached hydrogens (tertiary/aromatic N) is 1. The number of methoxy groups -OCH3 is 1. The number of carbonyl (C=O) groups is 1. The van der Waals surface area contributed by atoms with Crippen molar-refractivity contribution in [3.05, 3.63) is 28.2 Å². The van der Waals surface area contributed by atoms with Crippen LogP contribution in [0.5, 0.6) is 5.75 Å². The molecule has 0 bridgehead atoms. The van der Waals surface area contributed by atoms with Gasteiger partial charge in [-0.1, -0.05) is 6.07 Å². The Morgan fingerprint density at radius 2 is 1.85 bits per heavy atom. The summed E-state index contributed by atoms with van der Waals surface area (Å²) in [5, 5.41) is 9.33. The molecule has 0 heterocycles. The van der Waals surface area contributed by atoms with Gasteiger partial charge in [0.1, 0.15) is 11.4 Å². The molecule has 1 rings (SSSR count). The van der Waals surface area contributed by atoms with Crippen LogP contribution in [0, 0.1) is 0 Å². The van der Waals surface area contributed by atoms with Crippen molar-refractivity contribution in [3.8, 4) is 5.75 Å². The van der Waals surface area contributed by atoms with E-state index in [1.54, 1.807) is 14.2 Å². The summed E-state index contributed by atoms with van der Waals surface area (Å²) < 4.78 is 11.4. The van der Waals surface area contributed by atoms with Gasteiger partial charge < -0.3 is 25.4 Å². The number of halogens is 1. The van der Waals surface area contributed by atoms with Crippen LogP contribution in [-0.4, -0.2) is 43.9 Å². The second kappa shape index (κ2) is 9.82. The van der Waals surface area contributed by atoms with Crippen molar-refractivity contribution in [3.63, 3.8) is 0 Å². The number of ether oxygens (including phenoxy) is 2. The van der Waals surface area contributed by atoms with Gasteiger partial charge in [-0.25, -0.2) is 4.79 Å². The zero-order chi connectivity index (χ0) is 20.7. The number of alkyl carbamates (subject to hydrolysis) is 1. The van der Waals surface area contributed by atoms with Crippen molar-refractivity contribution >= 4 is 28.0 Å². The molecule has 1 aromatic rings. The highest BCUT2D eigenvalue weighted by molar-refractivity contribution is 9.10. The van der Waals surface area contributed by atoms with E-state index in [-0.39, 0.29) is 0 Å². The largest absolute Gasteiger partial charge is 0.496 e. The summed E-state index contributed by atoms with van der Waals surface area (Å²) in [5.74, 6) is 1.43. The average molecular weight is 443 g/mol. The summed E-state index contributed by atoms with van der Waals surface area (Å²) in [5.41, 5.74) is 0.0396. The predicted octanol–water partition coefficient (Wildman–Crippen LogP) is 3.43. The molecule has 152 valence electrons. The molecule has 0 aliphatic heterocycles. The van der Waals surface area contributed by atoms with Gasteiger partial charge in [0.15, 0.2) is 5.96 Å². The van der Waals surface area contributed by atoms with Crippen LogP contribution < -0.4 is 20.7 Å². The minimum absolute atomic E-state index is 0.444. The second-order valence-corrected chi connectivity index (χ2v) is 8.61. The number of amides is 1. The fourth-order valence-corrected chi connectivity index (χ4v) is 2.74. The molecular formula is C19H31BrN4O3. The summed E-state index contributed by atoms with van der Waals surface area (Å²) in [7, 11) is 3.34. The van der Waals surface area contributed by atoms with E-state index in [9.17, 15) is 4.79 Å². The first-order valence-corrected chi connectivity index (χ1v) is 9.53. The summed E-state index contributed by atoms with van der Waals surface area (Å²) in [4.78, 5) is 16.2. The van der Waals surface area contributed by atoms with Crippen molar-refractivity contribution in [2.24, 2.45) is 4.99 Å². The Balaban J connectivity index is 2.53. The molecule has 0 unspecified atom stereocenters. The summed E-state index contributed by atoms with van der Waals surface area (Å²) >= 11 is 3.48. The summed E-state index contributed by atoms with van der Waals surface area (Å²) in [6.45, 7) is 10.4. The standard InChI is InChI=1S/C19H31BrN4O3/c1-18(2,3)27-17(25)24-19(4,5)12-23-16(21-6)22-11-13-8-9-15(26-7)14(20)10-13/h8-10H,11-12H2,1-7H3,(H,24,25)(H2,21,22,23). The Bertz CT molecular complexity index is 669. The van der Waals surface area contributed by atoms with Gasteiger partial charge in [0.05, 0.1) is 17.1 Å². The molecule has 0 saturated heterocycles. The van der Waals surface area contributed by atoms with Gasteiger partial charge in [0.2, 0.25) is 0 Å². The molecule has 0 radical (unpaired) electrons. The number of aliphatic imine (C=N–C) groups is 1. The van der Waals surface area contributed by atoms with Gasteiger partial charge in [-0.2, -0.15) is 0 Å². The fraction of sp³-hybridized carbons (Fsp3) is 0.579. The normalized spacial score (nSPS) is 12.4. The first-order chi connectivity index (χ1) is 12.5. The van der Waals surface area contributed by atoms with E-state index in [4.69, 9.17) is 9.47 Å². The van der Waals surface area contributed by atoms with Crippen LogP contribution in [0.4, 0.5) is 4.79 Å². The first kappa shape index (κ1) is 23.1. The summed E-state index contributed by atoms with van der Waals surface area (Å²) in [6, 6.07) is 5.89. The minimum atomic E-state index is -0.530. The van der Waals surface area contributed by atoms with Gasteiger partial charge >= 0.3 is 6.09 Å². The maximum atomic E-state index is 12.0. The highest BCUT2D eigenvalue weighted by atomic mass is 79.9. The van der Waals surface area contributed by atoms with Crippen molar-refractivity contribution in [1.29, 1.82) is 0 Å². The Hall–Kier alpha value is -1.96. The van der Waals surface area contributed by atoms with Gasteiger partial charge in [0, 0.05) is 20.1 Å². The molecule has 0 saturated carbocycles. The highest BCUT2D eigenvalue weighted by Gasteiger charge is 2.24. The molecule has 8 heteroatoms. The first-order valence-electron chi connectivity index (χ1n) is 8.74. The van der Waals surface area contributed by atoms with Gasteiger partial charge in [-0.05, 0) is 68.2 Å². The molecule has 3 N–H and O–H groups in total. The van der Waals surface area contributed by atoms with Crippen molar-refractivity contribution in [2.45, 2.75) is 52.3 Å². The predicted molar refractivity (Wildman–Crippen MR) is 112 cm³/mol. The maximum absolute atomic E-state index is 12.0. The SMILES string of the molecule is CN=C(NCc1ccc(OC)c(Br)c1)NCC(C)(C)NC(=O)OC(C)(C)C. The molecule has 0 spiro atoms. The number of hydrogen-bond acceptors (Lipinski definition) is 4. The lowest BCUT2D eigenvalue weighted by molar-refractivity contribution is 0.0474. The lowest BCUT2D eigenvalue weighted by Crippen LogP contribution is -2.54. The number of nitrogens with one attached hydrogen (secondary N) is 3. The molecule has 0 fully saturated rings. The van der Waals surface area contributed by atoms with Crippen LogP contribution in [0.3, 0.4) is 0 Å². The van der Waals surface area contributed by atoms with Crippen LogP contribution in [0.2, 0.25) is 0 Å². The fourth-order valence-electron chi connectivity index (χ4n) is 2.16. The molecule has 0 aromatic heterocycles. The van der Waals surface area contributed by atoms with Crippen LogP contribution in [0.1, 0.15) is 40.2 Å². The lowest BCUT2D eigenvalue weighted by atomic mass is 10.1. The molecule has 0 atom stereocenters. The monoisotopic (exact) mass is 442 g/mol. The smallest absolute Gasteiger partial charge is 0.408 e. The topological polar surface area (TPSA) is 84.0 Å². The van der Waals surface area contributed by atoms with E-state index in [2.05, 4.69) is 36.9 Å². The van der Waals surface area contributed by atoms with E-state index in [1.165, 1.54) is 0 Å². The van der Waals surface area contributed by atoms with E-state index in [0.29, 0.717) is 19.0 Å². The van der Waals surface area contributed by atoms with Crippen LogP contribution >= 0.6 is 15.9 Å². The zero-order valence-corrected chi connectivity index (χ0v) is 18.8. The Labute approximate surface area is 170 Å². The number of guanidine groups is 1. The Morgan fingerprint density at radius 1 is 1.19 bits per heavy atom. The van der Waals surface area contributed by atoms with Crippen LogP contribution in [0.15, 0.2) is 27.7 Å². The summed E-state index contributed by atoms with van der Waals surface area (Å²) in [6.07, 6.45) is -0.444. The molecule has 27 heavy (non-hydrogen) atoms. The van der Waals surface area contributed by atoms with Crippen LogP contribution in [-0.2, 0) is 11.3 Å². The van der Waals surface area contributed by atoms with E-state index < -0.39 is 17.2 Å². The molecule has 0 aliphatic rings. The average Bonchev–Trinajstić information content (AvgIpc) is 2.52. The number of carbonyl (C=O) groups excluding carboxylic acids is 1. The number of hydrogen-bond donors (Lipinski definition) is 3.